The number of nitrogens with one attached hydrogen (secondary N) is 1. The van der Waals surface area contributed by atoms with Gasteiger partial charge in [-0.1, -0.05) is 33.6 Å². The smallest absolute Gasteiger partial charge is 0.408 e. The monoisotopic (exact) mass is 554 g/mol. The Labute approximate surface area is 233 Å². The number of fused-ring (bicyclic) bond motifs is 5. The Morgan fingerprint density at radius 1 is 1.10 bits per heavy atom. The van der Waals surface area contributed by atoms with Crippen molar-refractivity contribution in [1.82, 2.24) is 20.2 Å². The van der Waals surface area contributed by atoms with Crippen LogP contribution in [-0.2, 0) is 20.7 Å². The van der Waals surface area contributed by atoms with Crippen molar-refractivity contribution < 1.29 is 33.7 Å². The molecule has 0 spiro atoms. The van der Waals surface area contributed by atoms with E-state index in [0.29, 0.717) is 35.2 Å². The molecule has 1 aromatic heterocycles. The van der Waals surface area contributed by atoms with E-state index in [-0.39, 0.29) is 19.1 Å². The van der Waals surface area contributed by atoms with E-state index in [9.17, 15) is 19.5 Å². The Hall–Kier alpha value is -3.63. The molecule has 11 heteroatoms. The third-order valence-electron chi connectivity index (χ3n) is 8.00. The molecule has 11 nitrogen and oxygen atoms in total. The first kappa shape index (κ1) is 27.9. The number of methoxy groups -OCH3 is 1. The SMILES string of the molecule is COc1ccc2nc3c(nc2c1)O[C@@H]1C[C@@H](C(=O)O)N(C1)C(=O)C(C(C)(C)C)NC(=O)O[C@@H]1C[C@H]1CCCCC3. The number of amides is 2. The van der Waals surface area contributed by atoms with Crippen molar-refractivity contribution in [1.29, 1.82) is 0 Å². The quantitative estimate of drug-likeness (QED) is 0.568. The van der Waals surface area contributed by atoms with Crippen LogP contribution in [0.15, 0.2) is 18.2 Å². The van der Waals surface area contributed by atoms with Crippen LogP contribution < -0.4 is 14.8 Å². The van der Waals surface area contributed by atoms with Crippen molar-refractivity contribution in [3.63, 3.8) is 0 Å². The standard InChI is InChI=1S/C29H38N4O7/c1-29(2,3)24-26(34)33-15-18(14-22(33)27(35)36)39-25-20(30-19-11-10-17(38-4)13-21(19)31-25)9-7-5-6-8-16-12-23(16)40-28(37)32-24/h10-11,13,16,18,22-24H,5-9,12,14-15H2,1-4H3,(H,32,37)(H,35,36)/t16-,18-,22+,23-,24?/m1/s1. The number of hydrogen-bond acceptors (Lipinski definition) is 8. The molecule has 5 atom stereocenters. The summed E-state index contributed by atoms with van der Waals surface area (Å²) >= 11 is 0. The van der Waals surface area contributed by atoms with Crippen LogP contribution in [-0.4, -0.2) is 75.9 Å². The van der Waals surface area contributed by atoms with Gasteiger partial charge in [0, 0.05) is 12.5 Å². The maximum absolute atomic E-state index is 13.8. The summed E-state index contributed by atoms with van der Waals surface area (Å²) in [5.74, 6) is -0.301. The van der Waals surface area contributed by atoms with Crippen LogP contribution in [0.25, 0.3) is 11.0 Å². The number of carboxylic acid groups (broad SMARTS) is 1. The number of hydrogen-bond donors (Lipinski definition) is 2. The molecule has 3 heterocycles. The Bertz CT molecular complexity index is 1290. The molecular weight excluding hydrogens is 516 g/mol. The van der Waals surface area contributed by atoms with Crippen LogP contribution in [0, 0.1) is 11.3 Å². The summed E-state index contributed by atoms with van der Waals surface area (Å²) in [6, 6.07) is 3.40. The van der Waals surface area contributed by atoms with Gasteiger partial charge in [0.2, 0.25) is 11.8 Å². The van der Waals surface area contributed by atoms with E-state index in [4.69, 9.17) is 24.2 Å². The van der Waals surface area contributed by atoms with Gasteiger partial charge in [0.15, 0.2) is 0 Å². The lowest BCUT2D eigenvalue weighted by atomic mass is 9.85. The lowest BCUT2D eigenvalue weighted by Gasteiger charge is -2.34. The van der Waals surface area contributed by atoms with Gasteiger partial charge in [-0.25, -0.2) is 19.6 Å². The third kappa shape index (κ3) is 6.08. The van der Waals surface area contributed by atoms with E-state index in [1.54, 1.807) is 13.2 Å². The van der Waals surface area contributed by atoms with Crippen LogP contribution in [0.5, 0.6) is 11.6 Å². The number of carbonyl (C=O) groups is 3. The van der Waals surface area contributed by atoms with Crippen molar-refractivity contribution in [3.05, 3.63) is 23.9 Å². The van der Waals surface area contributed by atoms with Crippen LogP contribution in [0.1, 0.15) is 65.0 Å². The van der Waals surface area contributed by atoms with Crippen LogP contribution >= 0.6 is 0 Å². The van der Waals surface area contributed by atoms with Gasteiger partial charge in [-0.15, -0.1) is 0 Å². The number of benzene rings is 1. The molecule has 5 rings (SSSR count). The van der Waals surface area contributed by atoms with Gasteiger partial charge in [-0.3, -0.25) is 4.79 Å². The van der Waals surface area contributed by atoms with E-state index in [1.165, 1.54) is 4.90 Å². The summed E-state index contributed by atoms with van der Waals surface area (Å²) < 4.78 is 17.3. The van der Waals surface area contributed by atoms with Gasteiger partial charge in [-0.2, -0.15) is 0 Å². The molecule has 2 fully saturated rings. The molecule has 2 aliphatic heterocycles. The van der Waals surface area contributed by atoms with Gasteiger partial charge in [0.1, 0.15) is 35.7 Å². The molecule has 2 bridgehead atoms. The zero-order chi connectivity index (χ0) is 28.6. The lowest BCUT2D eigenvalue weighted by Crippen LogP contribution is -2.57. The highest BCUT2D eigenvalue weighted by atomic mass is 16.6. The van der Waals surface area contributed by atoms with Gasteiger partial charge in [0.25, 0.3) is 0 Å². The maximum atomic E-state index is 13.8. The summed E-state index contributed by atoms with van der Waals surface area (Å²) in [6.07, 6.45) is 3.97. The third-order valence-corrected chi connectivity index (χ3v) is 8.00. The second-order valence-electron chi connectivity index (χ2n) is 12.1. The summed E-state index contributed by atoms with van der Waals surface area (Å²) in [5, 5.41) is 12.7. The first-order chi connectivity index (χ1) is 19.0. The van der Waals surface area contributed by atoms with E-state index < -0.39 is 41.6 Å². The Kier molecular flexibility index (Phi) is 7.74. The fraction of sp³-hybridized carbons (Fsp3) is 0.621. The molecule has 2 amide bonds. The Morgan fingerprint density at radius 2 is 1.90 bits per heavy atom. The minimum Gasteiger partial charge on any atom is -0.497 e. The Balaban J connectivity index is 1.48. The van der Waals surface area contributed by atoms with Crippen molar-refractivity contribution >= 4 is 29.0 Å². The van der Waals surface area contributed by atoms with E-state index in [0.717, 1.165) is 37.6 Å². The predicted octanol–water partition coefficient (Wildman–Crippen LogP) is 3.72. The first-order valence-corrected chi connectivity index (χ1v) is 14.0. The fourth-order valence-electron chi connectivity index (χ4n) is 5.60. The average Bonchev–Trinajstić information content (AvgIpc) is 3.48. The first-order valence-electron chi connectivity index (χ1n) is 14.0. The summed E-state index contributed by atoms with van der Waals surface area (Å²) in [4.78, 5) is 49.7. The normalized spacial score (nSPS) is 27.8. The number of aryl methyl sites for hydroxylation is 1. The number of alkyl carbamates (subject to hydrolysis) is 1. The average molecular weight is 555 g/mol. The summed E-state index contributed by atoms with van der Waals surface area (Å²) in [5.41, 5.74) is 1.36. The van der Waals surface area contributed by atoms with Crippen LogP contribution in [0.2, 0.25) is 0 Å². The molecule has 0 radical (unpaired) electrons. The zero-order valence-corrected chi connectivity index (χ0v) is 23.5. The van der Waals surface area contributed by atoms with Gasteiger partial charge in [0.05, 0.1) is 24.7 Å². The number of carboxylic acids is 1. The van der Waals surface area contributed by atoms with Crippen molar-refractivity contribution in [3.8, 4) is 11.6 Å². The number of rotatable bonds is 2. The number of aromatic nitrogens is 2. The molecule has 1 aromatic carbocycles. The van der Waals surface area contributed by atoms with E-state index >= 15 is 0 Å². The Morgan fingerprint density at radius 3 is 2.62 bits per heavy atom. The molecule has 2 aromatic rings. The second-order valence-corrected chi connectivity index (χ2v) is 12.1. The van der Waals surface area contributed by atoms with Crippen LogP contribution in [0.4, 0.5) is 4.79 Å². The predicted molar refractivity (Wildman–Crippen MR) is 145 cm³/mol. The van der Waals surface area contributed by atoms with Gasteiger partial charge < -0.3 is 29.5 Å². The van der Waals surface area contributed by atoms with Crippen molar-refractivity contribution in [2.45, 2.75) is 90.0 Å². The minimum absolute atomic E-state index is 0.0427. The second kappa shape index (κ2) is 11.1. The highest BCUT2D eigenvalue weighted by Gasteiger charge is 2.47. The molecule has 1 unspecified atom stereocenters. The highest BCUT2D eigenvalue weighted by molar-refractivity contribution is 5.90. The number of aliphatic carboxylic acids is 1. The molecule has 40 heavy (non-hydrogen) atoms. The summed E-state index contributed by atoms with van der Waals surface area (Å²) in [6.45, 7) is 5.52. The molecule has 3 aliphatic rings. The fourth-order valence-corrected chi connectivity index (χ4v) is 5.60. The van der Waals surface area contributed by atoms with Crippen molar-refractivity contribution in [2.75, 3.05) is 13.7 Å². The molecule has 1 saturated carbocycles. The van der Waals surface area contributed by atoms with Gasteiger partial charge >= 0.3 is 12.1 Å². The number of nitrogens with zero attached hydrogens (tertiary/aromatic N) is 3. The van der Waals surface area contributed by atoms with E-state index in [2.05, 4.69) is 5.32 Å². The largest absolute Gasteiger partial charge is 0.497 e. The highest BCUT2D eigenvalue weighted by Crippen LogP contribution is 2.39. The number of carbonyl (C=O) groups excluding carboxylic acids is 2. The zero-order valence-electron chi connectivity index (χ0n) is 23.5. The van der Waals surface area contributed by atoms with Crippen LogP contribution in [0.3, 0.4) is 0 Å². The molecule has 1 aliphatic carbocycles. The van der Waals surface area contributed by atoms with Crippen molar-refractivity contribution in [2.24, 2.45) is 11.3 Å². The molecule has 2 N–H and O–H groups in total. The topological polar surface area (TPSA) is 140 Å². The molecular formula is C29H38N4O7. The van der Waals surface area contributed by atoms with E-state index in [1.807, 2.05) is 32.9 Å². The number of ether oxygens (including phenoxy) is 3. The maximum Gasteiger partial charge on any atom is 0.408 e. The minimum atomic E-state index is -1.13. The molecule has 216 valence electrons. The summed E-state index contributed by atoms with van der Waals surface area (Å²) in [7, 11) is 1.58. The lowest BCUT2D eigenvalue weighted by molar-refractivity contribution is -0.150. The van der Waals surface area contributed by atoms with Gasteiger partial charge in [-0.05, 0) is 49.1 Å². The molecule has 1 saturated heterocycles.